The normalized spacial score (nSPS) is 10.5. The van der Waals surface area contributed by atoms with E-state index in [0.717, 1.165) is 11.1 Å². The highest BCUT2D eigenvalue weighted by Crippen LogP contribution is 2.27. The second-order valence-corrected chi connectivity index (χ2v) is 5.44. The van der Waals surface area contributed by atoms with Gasteiger partial charge in [-0.3, -0.25) is 9.89 Å². The van der Waals surface area contributed by atoms with Crippen LogP contribution in [0.2, 0.25) is 5.02 Å². The molecule has 1 aromatic heterocycles. The summed E-state index contributed by atoms with van der Waals surface area (Å²) in [6.45, 7) is 3.88. The number of thioether (sulfide) groups is 1. The SMILES string of the molecule is Cc1cc(C)c(NC(=O)CSc2ncn[nH]2)c(Cl)c1. The zero-order valence-corrected chi connectivity index (χ0v) is 12.1. The van der Waals surface area contributed by atoms with Gasteiger partial charge in [0.25, 0.3) is 0 Å². The lowest BCUT2D eigenvalue weighted by molar-refractivity contribution is -0.113. The Balaban J connectivity index is 1.99. The molecule has 0 aliphatic rings. The van der Waals surface area contributed by atoms with E-state index in [2.05, 4.69) is 20.5 Å². The van der Waals surface area contributed by atoms with Gasteiger partial charge < -0.3 is 5.32 Å². The number of halogens is 1. The van der Waals surface area contributed by atoms with Crippen LogP contribution in [0.1, 0.15) is 11.1 Å². The van der Waals surface area contributed by atoms with Crippen molar-refractivity contribution in [2.45, 2.75) is 19.0 Å². The molecule has 100 valence electrons. The summed E-state index contributed by atoms with van der Waals surface area (Å²) in [5.74, 6) is 0.119. The largest absolute Gasteiger partial charge is 0.324 e. The topological polar surface area (TPSA) is 70.7 Å². The average molecular weight is 297 g/mol. The van der Waals surface area contributed by atoms with Crippen molar-refractivity contribution >= 4 is 35.0 Å². The fraction of sp³-hybridized carbons (Fsp3) is 0.250. The first kappa shape index (κ1) is 13.9. The van der Waals surface area contributed by atoms with Crippen molar-refractivity contribution in [3.63, 3.8) is 0 Å². The summed E-state index contributed by atoms with van der Waals surface area (Å²) in [6.07, 6.45) is 1.40. The van der Waals surface area contributed by atoms with E-state index < -0.39 is 0 Å². The average Bonchev–Trinajstić information content (AvgIpc) is 2.84. The molecular weight excluding hydrogens is 284 g/mol. The second-order valence-electron chi connectivity index (χ2n) is 4.07. The van der Waals surface area contributed by atoms with E-state index in [1.54, 1.807) is 0 Å². The van der Waals surface area contributed by atoms with Crippen molar-refractivity contribution in [3.05, 3.63) is 34.6 Å². The summed E-state index contributed by atoms with van der Waals surface area (Å²) in [4.78, 5) is 15.8. The Hall–Kier alpha value is -1.53. The Labute approximate surface area is 120 Å². The standard InChI is InChI=1S/C12H13ClN4OS/c1-7-3-8(2)11(9(13)4-7)16-10(18)5-19-12-14-6-15-17-12/h3-4,6H,5H2,1-2H3,(H,16,18)(H,14,15,17). The maximum atomic E-state index is 11.8. The van der Waals surface area contributed by atoms with E-state index in [0.29, 0.717) is 15.9 Å². The van der Waals surface area contributed by atoms with Gasteiger partial charge in [0.1, 0.15) is 6.33 Å². The molecule has 7 heteroatoms. The minimum Gasteiger partial charge on any atom is -0.324 e. The lowest BCUT2D eigenvalue weighted by Crippen LogP contribution is -2.15. The van der Waals surface area contributed by atoms with Gasteiger partial charge in [-0.15, -0.1) is 0 Å². The van der Waals surface area contributed by atoms with Gasteiger partial charge >= 0.3 is 0 Å². The molecule has 0 radical (unpaired) electrons. The molecule has 0 aliphatic heterocycles. The molecule has 0 aliphatic carbocycles. The fourth-order valence-corrected chi connectivity index (χ4v) is 2.59. The number of nitrogens with one attached hydrogen (secondary N) is 2. The third-order valence-corrected chi connectivity index (χ3v) is 3.60. The van der Waals surface area contributed by atoms with E-state index in [-0.39, 0.29) is 11.7 Å². The molecule has 5 nitrogen and oxygen atoms in total. The van der Waals surface area contributed by atoms with E-state index in [1.807, 2.05) is 26.0 Å². The predicted octanol–water partition coefficient (Wildman–Crippen LogP) is 2.81. The van der Waals surface area contributed by atoms with Crippen molar-refractivity contribution in [2.75, 3.05) is 11.1 Å². The van der Waals surface area contributed by atoms with Gasteiger partial charge in [-0.25, -0.2) is 4.98 Å². The number of aromatic amines is 1. The lowest BCUT2D eigenvalue weighted by Gasteiger charge is -2.11. The molecule has 0 fully saturated rings. The maximum Gasteiger partial charge on any atom is 0.234 e. The monoisotopic (exact) mass is 296 g/mol. The smallest absolute Gasteiger partial charge is 0.234 e. The third kappa shape index (κ3) is 3.71. The predicted molar refractivity (Wildman–Crippen MR) is 76.7 cm³/mol. The number of benzene rings is 1. The van der Waals surface area contributed by atoms with Gasteiger partial charge in [-0.05, 0) is 31.0 Å². The van der Waals surface area contributed by atoms with Crippen LogP contribution in [-0.4, -0.2) is 26.8 Å². The first-order chi connectivity index (χ1) is 9.06. The molecule has 0 bridgehead atoms. The van der Waals surface area contributed by atoms with Crippen LogP contribution in [-0.2, 0) is 4.79 Å². The van der Waals surface area contributed by atoms with Crippen molar-refractivity contribution < 1.29 is 4.79 Å². The maximum absolute atomic E-state index is 11.8. The van der Waals surface area contributed by atoms with Gasteiger partial charge in [0, 0.05) is 0 Å². The highest BCUT2D eigenvalue weighted by Gasteiger charge is 2.10. The summed E-state index contributed by atoms with van der Waals surface area (Å²) in [7, 11) is 0. The number of nitrogens with zero attached hydrogens (tertiary/aromatic N) is 2. The molecule has 0 spiro atoms. The number of carbonyl (C=O) groups is 1. The molecule has 1 aromatic carbocycles. The van der Waals surface area contributed by atoms with Crippen LogP contribution in [0.25, 0.3) is 0 Å². The zero-order valence-electron chi connectivity index (χ0n) is 10.5. The second kappa shape index (κ2) is 6.08. The molecule has 0 unspecified atom stereocenters. The van der Waals surface area contributed by atoms with Crippen molar-refractivity contribution in [2.24, 2.45) is 0 Å². The Kier molecular flexibility index (Phi) is 4.44. The molecule has 2 aromatic rings. The number of hydrogen-bond acceptors (Lipinski definition) is 4. The van der Waals surface area contributed by atoms with Crippen LogP contribution in [0.15, 0.2) is 23.6 Å². The van der Waals surface area contributed by atoms with Gasteiger partial charge in [0.15, 0.2) is 5.16 Å². The molecule has 0 saturated carbocycles. The third-order valence-electron chi connectivity index (χ3n) is 2.43. The molecule has 0 saturated heterocycles. The number of H-pyrrole nitrogens is 1. The minimum atomic E-state index is -0.129. The number of anilines is 1. The van der Waals surface area contributed by atoms with Crippen molar-refractivity contribution in [3.8, 4) is 0 Å². The van der Waals surface area contributed by atoms with Gasteiger partial charge in [-0.1, -0.05) is 29.4 Å². The Morgan fingerprint density at radius 2 is 2.26 bits per heavy atom. The number of carbonyl (C=O) groups excluding carboxylic acids is 1. The summed E-state index contributed by atoms with van der Waals surface area (Å²) < 4.78 is 0. The van der Waals surface area contributed by atoms with Crippen molar-refractivity contribution in [1.82, 2.24) is 15.2 Å². The van der Waals surface area contributed by atoms with E-state index >= 15 is 0 Å². The quantitative estimate of drug-likeness (QED) is 0.851. The Morgan fingerprint density at radius 3 is 2.89 bits per heavy atom. The van der Waals surface area contributed by atoms with E-state index in [1.165, 1.54) is 18.1 Å². The summed E-state index contributed by atoms with van der Waals surface area (Å²) in [5.41, 5.74) is 2.68. The number of rotatable bonds is 4. The first-order valence-electron chi connectivity index (χ1n) is 5.61. The van der Waals surface area contributed by atoms with E-state index in [9.17, 15) is 4.79 Å². The minimum absolute atomic E-state index is 0.129. The van der Waals surface area contributed by atoms with Crippen LogP contribution < -0.4 is 5.32 Å². The summed E-state index contributed by atoms with van der Waals surface area (Å²) in [6, 6.07) is 3.80. The summed E-state index contributed by atoms with van der Waals surface area (Å²) >= 11 is 7.41. The lowest BCUT2D eigenvalue weighted by atomic mass is 10.1. The van der Waals surface area contributed by atoms with Crippen LogP contribution in [0.3, 0.4) is 0 Å². The molecule has 19 heavy (non-hydrogen) atoms. The Morgan fingerprint density at radius 1 is 1.47 bits per heavy atom. The van der Waals surface area contributed by atoms with Crippen LogP contribution in [0, 0.1) is 13.8 Å². The molecule has 1 heterocycles. The van der Waals surface area contributed by atoms with Gasteiger partial charge in [0.05, 0.1) is 16.5 Å². The van der Waals surface area contributed by atoms with Gasteiger partial charge in [0.2, 0.25) is 5.91 Å². The molecular formula is C12H13ClN4OS. The number of amides is 1. The number of hydrogen-bond donors (Lipinski definition) is 2. The van der Waals surface area contributed by atoms with Crippen molar-refractivity contribution in [1.29, 1.82) is 0 Å². The zero-order chi connectivity index (χ0) is 13.8. The fourth-order valence-electron chi connectivity index (χ4n) is 1.65. The number of aromatic nitrogens is 3. The van der Waals surface area contributed by atoms with Gasteiger partial charge in [-0.2, -0.15) is 5.10 Å². The summed E-state index contributed by atoms with van der Waals surface area (Å²) in [5, 5.41) is 10.4. The first-order valence-corrected chi connectivity index (χ1v) is 6.97. The van der Waals surface area contributed by atoms with E-state index in [4.69, 9.17) is 11.6 Å². The highest BCUT2D eigenvalue weighted by atomic mass is 35.5. The highest BCUT2D eigenvalue weighted by molar-refractivity contribution is 7.99. The van der Waals surface area contributed by atoms with Crippen LogP contribution >= 0.6 is 23.4 Å². The van der Waals surface area contributed by atoms with Crippen LogP contribution in [0.4, 0.5) is 5.69 Å². The van der Waals surface area contributed by atoms with Crippen LogP contribution in [0.5, 0.6) is 0 Å². The molecule has 2 N–H and O–H groups in total. The molecule has 1 amide bonds. The number of aryl methyl sites for hydroxylation is 2. The Bertz CT molecular complexity index is 562. The molecule has 0 atom stereocenters. The molecule has 2 rings (SSSR count).